The smallest absolute Gasteiger partial charge is 0.183 e. The number of aliphatic hydroxyl groups is 4. The van der Waals surface area contributed by atoms with Gasteiger partial charge in [-0.2, -0.15) is 0 Å². The average molecular weight is 178 g/mol. The summed E-state index contributed by atoms with van der Waals surface area (Å²) in [6.07, 6.45) is -5.44. The van der Waals surface area contributed by atoms with E-state index in [1.165, 1.54) is 0 Å². The van der Waals surface area contributed by atoms with Gasteiger partial charge >= 0.3 is 0 Å². The lowest BCUT2D eigenvalue weighted by molar-refractivity contribution is -0.281. The Bertz CT molecular complexity index is 146. The minimum atomic E-state index is -1.43. The zero-order chi connectivity index (χ0) is 9.30. The van der Waals surface area contributed by atoms with E-state index in [1.807, 2.05) is 0 Å². The van der Waals surface area contributed by atoms with Crippen molar-refractivity contribution in [3.05, 3.63) is 0 Å². The molecule has 0 radical (unpaired) electrons. The molecule has 0 spiro atoms. The van der Waals surface area contributed by atoms with Crippen LogP contribution in [0, 0.1) is 0 Å². The zero-order valence-electron chi connectivity index (χ0n) is 6.79. The Balaban J connectivity index is 2.63. The Kier molecular flexibility index (Phi) is 3.03. The van der Waals surface area contributed by atoms with E-state index in [1.54, 1.807) is 6.92 Å². The predicted molar refractivity (Wildman–Crippen MR) is 39.2 cm³/mol. The predicted octanol–water partition coefficient (Wildman–Crippen LogP) is -1.80. The number of rotatable bonds is 1. The van der Waals surface area contributed by atoms with E-state index < -0.39 is 30.7 Å². The van der Waals surface area contributed by atoms with Gasteiger partial charge in [-0.05, 0) is 6.42 Å². The molecule has 72 valence electrons. The fourth-order valence-electron chi connectivity index (χ4n) is 1.27. The molecule has 0 saturated carbocycles. The molecule has 5 heteroatoms. The van der Waals surface area contributed by atoms with Crippen molar-refractivity contribution in [3.63, 3.8) is 0 Å². The lowest BCUT2D eigenvalue weighted by atomic mass is 9.97. The van der Waals surface area contributed by atoms with E-state index in [2.05, 4.69) is 0 Å². The molecule has 0 aliphatic carbocycles. The van der Waals surface area contributed by atoms with E-state index in [9.17, 15) is 10.2 Å². The van der Waals surface area contributed by atoms with Gasteiger partial charge < -0.3 is 25.2 Å². The summed E-state index contributed by atoms with van der Waals surface area (Å²) in [5.74, 6) is 0. The molecule has 4 unspecified atom stereocenters. The molecule has 1 heterocycles. The van der Waals surface area contributed by atoms with E-state index >= 15 is 0 Å². The molecule has 1 rings (SSSR count). The van der Waals surface area contributed by atoms with Crippen LogP contribution >= 0.6 is 0 Å². The third-order valence-corrected chi connectivity index (χ3v) is 2.09. The Morgan fingerprint density at radius 3 is 2.08 bits per heavy atom. The molecule has 0 aromatic carbocycles. The SMILES string of the molecule is CCC1OC(O)[C@H](O)C(O)C1O. The molecule has 1 saturated heterocycles. The van der Waals surface area contributed by atoms with Gasteiger partial charge in [-0.1, -0.05) is 6.92 Å². The lowest BCUT2D eigenvalue weighted by Crippen LogP contribution is -2.57. The van der Waals surface area contributed by atoms with Crippen LogP contribution in [0.4, 0.5) is 0 Å². The highest BCUT2D eigenvalue weighted by molar-refractivity contribution is 4.87. The summed E-state index contributed by atoms with van der Waals surface area (Å²) < 4.78 is 4.83. The maximum atomic E-state index is 9.28. The van der Waals surface area contributed by atoms with Crippen LogP contribution in [0.1, 0.15) is 13.3 Å². The molecular formula is C7H14O5. The largest absolute Gasteiger partial charge is 0.388 e. The quantitative estimate of drug-likeness (QED) is 0.380. The van der Waals surface area contributed by atoms with Crippen LogP contribution in [0.2, 0.25) is 0 Å². The fraction of sp³-hybridized carbons (Fsp3) is 1.00. The van der Waals surface area contributed by atoms with Crippen molar-refractivity contribution >= 4 is 0 Å². The van der Waals surface area contributed by atoms with Crippen molar-refractivity contribution in [2.24, 2.45) is 0 Å². The van der Waals surface area contributed by atoms with Gasteiger partial charge in [0, 0.05) is 0 Å². The maximum Gasteiger partial charge on any atom is 0.183 e. The molecule has 1 aliphatic rings. The number of hydrogen-bond acceptors (Lipinski definition) is 5. The second kappa shape index (κ2) is 3.68. The van der Waals surface area contributed by atoms with Crippen LogP contribution < -0.4 is 0 Å². The Morgan fingerprint density at radius 2 is 1.58 bits per heavy atom. The Morgan fingerprint density at radius 1 is 1.00 bits per heavy atom. The van der Waals surface area contributed by atoms with Crippen LogP contribution in [0.5, 0.6) is 0 Å². The molecule has 0 aromatic rings. The van der Waals surface area contributed by atoms with Gasteiger partial charge in [0.05, 0.1) is 6.10 Å². The summed E-state index contributed by atoms with van der Waals surface area (Å²) in [5, 5.41) is 36.5. The second-order valence-corrected chi connectivity index (χ2v) is 2.95. The van der Waals surface area contributed by atoms with Crippen LogP contribution in [0.15, 0.2) is 0 Å². The van der Waals surface area contributed by atoms with Gasteiger partial charge in [-0.3, -0.25) is 0 Å². The fourth-order valence-corrected chi connectivity index (χ4v) is 1.27. The summed E-state index contributed by atoms with van der Waals surface area (Å²) in [6, 6.07) is 0. The van der Waals surface area contributed by atoms with Gasteiger partial charge in [0.15, 0.2) is 6.29 Å². The molecule has 0 amide bonds. The van der Waals surface area contributed by atoms with Crippen LogP contribution in [0.25, 0.3) is 0 Å². The number of hydrogen-bond donors (Lipinski definition) is 4. The van der Waals surface area contributed by atoms with Crippen LogP contribution in [-0.2, 0) is 4.74 Å². The molecule has 4 N–H and O–H groups in total. The van der Waals surface area contributed by atoms with Gasteiger partial charge in [0.2, 0.25) is 0 Å². The third kappa shape index (κ3) is 1.60. The van der Waals surface area contributed by atoms with Crippen molar-refractivity contribution in [1.82, 2.24) is 0 Å². The van der Waals surface area contributed by atoms with Gasteiger partial charge in [-0.25, -0.2) is 0 Å². The van der Waals surface area contributed by atoms with E-state index in [0.717, 1.165) is 0 Å². The van der Waals surface area contributed by atoms with Crippen LogP contribution in [-0.4, -0.2) is 51.1 Å². The Labute approximate surface area is 70.2 Å². The minimum Gasteiger partial charge on any atom is -0.388 e. The van der Waals surface area contributed by atoms with E-state index in [0.29, 0.717) is 6.42 Å². The topological polar surface area (TPSA) is 90.2 Å². The second-order valence-electron chi connectivity index (χ2n) is 2.95. The summed E-state index contributed by atoms with van der Waals surface area (Å²) in [4.78, 5) is 0. The molecule has 0 bridgehead atoms. The van der Waals surface area contributed by atoms with Crippen LogP contribution in [0.3, 0.4) is 0 Å². The minimum absolute atomic E-state index is 0.474. The summed E-state index contributed by atoms with van der Waals surface area (Å²) in [7, 11) is 0. The standard InChI is InChI=1S/C7H14O5/c1-2-3-4(8)5(9)6(10)7(11)12-3/h3-11H,2H2,1H3/t3?,4?,5?,6-,7?/m1/s1. The van der Waals surface area contributed by atoms with Gasteiger partial charge in [-0.15, -0.1) is 0 Å². The van der Waals surface area contributed by atoms with Crippen molar-refractivity contribution in [2.75, 3.05) is 0 Å². The van der Waals surface area contributed by atoms with Crippen molar-refractivity contribution in [1.29, 1.82) is 0 Å². The zero-order valence-corrected chi connectivity index (χ0v) is 6.79. The third-order valence-electron chi connectivity index (χ3n) is 2.09. The average Bonchev–Trinajstić information content (AvgIpc) is 2.08. The van der Waals surface area contributed by atoms with Crippen molar-refractivity contribution in [3.8, 4) is 0 Å². The number of ether oxygens (including phenoxy) is 1. The first-order valence-corrected chi connectivity index (χ1v) is 3.95. The first-order chi connectivity index (χ1) is 5.57. The molecule has 0 aromatic heterocycles. The van der Waals surface area contributed by atoms with Gasteiger partial charge in [0.1, 0.15) is 18.3 Å². The monoisotopic (exact) mass is 178 g/mol. The molecule has 1 aliphatic heterocycles. The molecular weight excluding hydrogens is 164 g/mol. The van der Waals surface area contributed by atoms with E-state index in [-0.39, 0.29) is 0 Å². The first-order valence-electron chi connectivity index (χ1n) is 3.95. The first kappa shape index (κ1) is 9.88. The summed E-state index contributed by atoms with van der Waals surface area (Å²) >= 11 is 0. The molecule has 5 nitrogen and oxygen atoms in total. The molecule has 1 fully saturated rings. The maximum absolute atomic E-state index is 9.28. The highest BCUT2D eigenvalue weighted by Gasteiger charge is 2.41. The van der Waals surface area contributed by atoms with Crippen molar-refractivity contribution in [2.45, 2.75) is 44.1 Å². The molecule has 12 heavy (non-hydrogen) atoms. The lowest BCUT2D eigenvalue weighted by Gasteiger charge is -2.37. The number of aliphatic hydroxyl groups excluding tert-OH is 4. The molecule has 5 atom stereocenters. The summed E-state index contributed by atoms with van der Waals surface area (Å²) in [6.45, 7) is 1.75. The highest BCUT2D eigenvalue weighted by atomic mass is 16.6. The highest BCUT2D eigenvalue weighted by Crippen LogP contribution is 2.21. The van der Waals surface area contributed by atoms with E-state index in [4.69, 9.17) is 14.9 Å². The Hall–Kier alpha value is -0.200. The normalized spacial score (nSPS) is 49.2. The van der Waals surface area contributed by atoms with Crippen molar-refractivity contribution < 1.29 is 25.2 Å². The summed E-state index contributed by atoms with van der Waals surface area (Å²) in [5.41, 5.74) is 0. The van der Waals surface area contributed by atoms with Gasteiger partial charge in [0.25, 0.3) is 0 Å².